The van der Waals surface area contributed by atoms with Crippen LogP contribution in [0.25, 0.3) is 0 Å². The monoisotopic (exact) mass is 217 g/mol. The number of aryl methyl sites for hydroxylation is 1. The summed E-state index contributed by atoms with van der Waals surface area (Å²) in [5.74, 6) is -0.960. The first kappa shape index (κ1) is 12.5. The summed E-state index contributed by atoms with van der Waals surface area (Å²) in [5.41, 5.74) is 1.34. The molecule has 0 radical (unpaired) electrons. The number of carbonyl (C=O) groups is 1. The van der Waals surface area contributed by atoms with Crippen LogP contribution in [0.5, 0.6) is 0 Å². The van der Waals surface area contributed by atoms with Gasteiger partial charge in [0.25, 0.3) is 0 Å². The smallest absolute Gasteiger partial charge is 0.0414 e. The SMILES string of the molecule is O=C([O-])CCC/C=C/CCc1ccccc1. The third-order valence-corrected chi connectivity index (χ3v) is 2.36. The Morgan fingerprint density at radius 2 is 1.81 bits per heavy atom. The van der Waals surface area contributed by atoms with Gasteiger partial charge in [0, 0.05) is 5.97 Å². The molecule has 2 heteroatoms. The number of hydrogen-bond acceptors (Lipinski definition) is 2. The Balaban J connectivity index is 2.07. The standard InChI is InChI=1S/C14H18O2/c15-14(16)12-8-3-1-2-5-9-13-10-6-4-7-11-13/h1-2,4,6-7,10-11H,3,5,8-9,12H2,(H,15,16)/p-1/b2-1+. The fraction of sp³-hybridized carbons (Fsp3) is 0.357. The van der Waals surface area contributed by atoms with Crippen LogP contribution in [0, 0.1) is 0 Å². The molecule has 0 bridgehead atoms. The number of carboxylic acid groups (broad SMARTS) is 1. The highest BCUT2D eigenvalue weighted by molar-refractivity contribution is 5.64. The minimum absolute atomic E-state index is 0.156. The summed E-state index contributed by atoms with van der Waals surface area (Å²) in [4.78, 5) is 10.1. The van der Waals surface area contributed by atoms with Gasteiger partial charge in [-0.3, -0.25) is 0 Å². The van der Waals surface area contributed by atoms with Gasteiger partial charge in [-0.15, -0.1) is 0 Å². The highest BCUT2D eigenvalue weighted by Crippen LogP contribution is 2.03. The number of rotatable bonds is 7. The summed E-state index contributed by atoms with van der Waals surface area (Å²) < 4.78 is 0. The lowest BCUT2D eigenvalue weighted by atomic mass is 10.1. The van der Waals surface area contributed by atoms with E-state index in [0.29, 0.717) is 6.42 Å². The van der Waals surface area contributed by atoms with Crippen molar-refractivity contribution in [1.82, 2.24) is 0 Å². The molecular weight excluding hydrogens is 200 g/mol. The highest BCUT2D eigenvalue weighted by atomic mass is 16.4. The quantitative estimate of drug-likeness (QED) is 0.518. The molecule has 2 nitrogen and oxygen atoms in total. The third kappa shape index (κ3) is 6.02. The zero-order chi connectivity index (χ0) is 11.6. The Hall–Kier alpha value is -1.57. The van der Waals surface area contributed by atoms with Gasteiger partial charge in [0.15, 0.2) is 0 Å². The molecule has 0 fully saturated rings. The molecule has 0 saturated heterocycles. The van der Waals surface area contributed by atoms with Crippen LogP contribution in [0.3, 0.4) is 0 Å². The first-order valence-electron chi connectivity index (χ1n) is 5.68. The second kappa shape index (κ2) is 7.69. The van der Waals surface area contributed by atoms with Crippen LogP contribution < -0.4 is 5.11 Å². The van der Waals surface area contributed by atoms with Crippen molar-refractivity contribution in [2.75, 3.05) is 0 Å². The van der Waals surface area contributed by atoms with Crippen molar-refractivity contribution in [3.8, 4) is 0 Å². The van der Waals surface area contributed by atoms with Crippen LogP contribution in [0.15, 0.2) is 42.5 Å². The molecule has 1 aromatic carbocycles. The van der Waals surface area contributed by atoms with Gasteiger partial charge >= 0.3 is 0 Å². The van der Waals surface area contributed by atoms with E-state index < -0.39 is 5.97 Å². The van der Waals surface area contributed by atoms with E-state index in [4.69, 9.17) is 0 Å². The predicted octanol–water partition coefficient (Wildman–Crippen LogP) is 2.10. The summed E-state index contributed by atoms with van der Waals surface area (Å²) in [5, 5.41) is 10.1. The lowest BCUT2D eigenvalue weighted by molar-refractivity contribution is -0.305. The summed E-state index contributed by atoms with van der Waals surface area (Å²) >= 11 is 0. The molecule has 0 unspecified atom stereocenters. The summed E-state index contributed by atoms with van der Waals surface area (Å²) in [6.45, 7) is 0. The fourth-order valence-electron chi connectivity index (χ4n) is 1.49. The normalized spacial score (nSPS) is 10.8. The molecule has 1 rings (SSSR count). The van der Waals surface area contributed by atoms with Gasteiger partial charge in [0.2, 0.25) is 0 Å². The Kier molecular flexibility index (Phi) is 6.00. The summed E-state index contributed by atoms with van der Waals surface area (Å²) in [6, 6.07) is 10.3. The number of hydrogen-bond donors (Lipinski definition) is 0. The third-order valence-electron chi connectivity index (χ3n) is 2.36. The van der Waals surface area contributed by atoms with Gasteiger partial charge < -0.3 is 9.90 Å². The van der Waals surface area contributed by atoms with Crippen LogP contribution in [0.2, 0.25) is 0 Å². The first-order valence-corrected chi connectivity index (χ1v) is 5.68. The molecule has 0 N–H and O–H groups in total. The van der Waals surface area contributed by atoms with E-state index in [0.717, 1.165) is 19.3 Å². The second-order valence-corrected chi connectivity index (χ2v) is 3.76. The lowest BCUT2D eigenvalue weighted by Gasteiger charge is -1.98. The van der Waals surface area contributed by atoms with E-state index in [1.54, 1.807) is 0 Å². The molecule has 0 atom stereocenters. The largest absolute Gasteiger partial charge is 0.550 e. The number of carboxylic acids is 1. The van der Waals surface area contributed by atoms with Gasteiger partial charge in [0.1, 0.15) is 0 Å². The van der Waals surface area contributed by atoms with E-state index in [-0.39, 0.29) is 6.42 Å². The average molecular weight is 217 g/mol. The van der Waals surface area contributed by atoms with Crippen molar-refractivity contribution in [2.45, 2.75) is 32.1 Å². The minimum atomic E-state index is -0.960. The van der Waals surface area contributed by atoms with Crippen molar-refractivity contribution in [2.24, 2.45) is 0 Å². The minimum Gasteiger partial charge on any atom is -0.550 e. The van der Waals surface area contributed by atoms with E-state index in [1.165, 1.54) is 5.56 Å². The van der Waals surface area contributed by atoms with Gasteiger partial charge in [-0.25, -0.2) is 0 Å². The Morgan fingerprint density at radius 1 is 1.12 bits per heavy atom. The molecule has 0 aromatic heterocycles. The maximum atomic E-state index is 10.1. The van der Waals surface area contributed by atoms with Crippen LogP contribution in [0.4, 0.5) is 0 Å². The lowest BCUT2D eigenvalue weighted by Crippen LogP contribution is -2.21. The van der Waals surface area contributed by atoms with Gasteiger partial charge in [0.05, 0.1) is 0 Å². The first-order chi connectivity index (χ1) is 7.79. The Morgan fingerprint density at radius 3 is 2.50 bits per heavy atom. The maximum Gasteiger partial charge on any atom is 0.0414 e. The Labute approximate surface area is 96.6 Å². The van der Waals surface area contributed by atoms with Crippen LogP contribution in [-0.2, 0) is 11.2 Å². The topological polar surface area (TPSA) is 40.1 Å². The Bertz CT molecular complexity index is 328. The molecule has 0 aliphatic heterocycles. The highest BCUT2D eigenvalue weighted by Gasteiger charge is 1.88. The number of allylic oxidation sites excluding steroid dienone is 2. The number of unbranched alkanes of at least 4 members (excludes halogenated alkanes) is 1. The van der Waals surface area contributed by atoms with Crippen molar-refractivity contribution >= 4 is 5.97 Å². The van der Waals surface area contributed by atoms with Gasteiger partial charge in [-0.2, -0.15) is 0 Å². The van der Waals surface area contributed by atoms with Crippen LogP contribution in [0.1, 0.15) is 31.2 Å². The van der Waals surface area contributed by atoms with Crippen LogP contribution >= 0.6 is 0 Å². The molecule has 0 amide bonds. The van der Waals surface area contributed by atoms with Crippen molar-refractivity contribution in [1.29, 1.82) is 0 Å². The van der Waals surface area contributed by atoms with Crippen molar-refractivity contribution in [3.63, 3.8) is 0 Å². The maximum absolute atomic E-state index is 10.1. The number of benzene rings is 1. The summed E-state index contributed by atoms with van der Waals surface area (Å²) in [7, 11) is 0. The molecule has 0 spiro atoms. The molecule has 0 heterocycles. The molecule has 0 aliphatic carbocycles. The fourth-order valence-corrected chi connectivity index (χ4v) is 1.49. The van der Waals surface area contributed by atoms with Crippen molar-refractivity contribution < 1.29 is 9.90 Å². The molecule has 1 aromatic rings. The van der Waals surface area contributed by atoms with Crippen molar-refractivity contribution in [3.05, 3.63) is 48.0 Å². The molecule has 16 heavy (non-hydrogen) atoms. The predicted molar refractivity (Wildman–Crippen MR) is 62.8 cm³/mol. The number of carbonyl (C=O) groups excluding carboxylic acids is 1. The van der Waals surface area contributed by atoms with E-state index in [2.05, 4.69) is 18.2 Å². The van der Waals surface area contributed by atoms with Gasteiger partial charge in [-0.05, 0) is 37.7 Å². The zero-order valence-electron chi connectivity index (χ0n) is 9.39. The summed E-state index contributed by atoms with van der Waals surface area (Å²) in [6.07, 6.45) is 7.86. The number of aliphatic carboxylic acids is 1. The zero-order valence-corrected chi connectivity index (χ0v) is 9.39. The molecule has 0 saturated carbocycles. The van der Waals surface area contributed by atoms with Crippen LogP contribution in [-0.4, -0.2) is 5.97 Å². The average Bonchev–Trinajstić information content (AvgIpc) is 2.29. The van der Waals surface area contributed by atoms with E-state index in [9.17, 15) is 9.90 Å². The van der Waals surface area contributed by atoms with E-state index >= 15 is 0 Å². The molecular formula is C14H17O2-. The van der Waals surface area contributed by atoms with E-state index in [1.807, 2.05) is 24.3 Å². The molecule has 0 aliphatic rings. The second-order valence-electron chi connectivity index (χ2n) is 3.76. The van der Waals surface area contributed by atoms with Gasteiger partial charge in [-0.1, -0.05) is 42.5 Å². The molecule has 86 valence electrons.